The van der Waals surface area contributed by atoms with Gasteiger partial charge in [0, 0.05) is 19.1 Å². The number of hydrogen-bond donors (Lipinski definition) is 2. The van der Waals surface area contributed by atoms with E-state index in [1.54, 1.807) is 0 Å². The van der Waals surface area contributed by atoms with E-state index in [0.717, 1.165) is 5.56 Å². The van der Waals surface area contributed by atoms with Crippen LogP contribution in [-0.4, -0.2) is 42.4 Å². The predicted molar refractivity (Wildman–Crippen MR) is 60.5 cm³/mol. The molecule has 0 heterocycles. The summed E-state index contributed by atoms with van der Waals surface area (Å²) in [5, 5.41) is 19.3. The van der Waals surface area contributed by atoms with Crippen LogP contribution in [0.3, 0.4) is 0 Å². The summed E-state index contributed by atoms with van der Waals surface area (Å²) in [6.45, 7) is 0.667. The van der Waals surface area contributed by atoms with Crippen LogP contribution in [0.1, 0.15) is 11.7 Å². The minimum absolute atomic E-state index is 0.00571. The molecule has 0 amide bonds. The van der Waals surface area contributed by atoms with Crippen molar-refractivity contribution in [3.63, 3.8) is 0 Å². The molecule has 1 aromatic carbocycles. The first-order chi connectivity index (χ1) is 7.15. The maximum absolute atomic E-state index is 10.0. The van der Waals surface area contributed by atoms with Crippen molar-refractivity contribution < 1.29 is 10.2 Å². The largest absolute Gasteiger partial charge is 0.396 e. The second kappa shape index (κ2) is 5.85. The first-order valence-electron chi connectivity index (χ1n) is 5.13. The molecule has 0 aliphatic heterocycles. The van der Waals surface area contributed by atoms with Crippen LogP contribution in [0, 0.1) is 5.92 Å². The van der Waals surface area contributed by atoms with Gasteiger partial charge < -0.3 is 15.1 Å². The third-order valence-electron chi connectivity index (χ3n) is 2.42. The molecule has 0 unspecified atom stereocenters. The van der Waals surface area contributed by atoms with Crippen LogP contribution < -0.4 is 0 Å². The van der Waals surface area contributed by atoms with E-state index in [2.05, 4.69) is 0 Å². The van der Waals surface area contributed by atoms with Crippen molar-refractivity contribution in [2.24, 2.45) is 5.92 Å². The average molecular weight is 209 g/mol. The van der Waals surface area contributed by atoms with Crippen LogP contribution in [-0.2, 0) is 0 Å². The molecule has 0 aliphatic rings. The molecule has 15 heavy (non-hydrogen) atoms. The van der Waals surface area contributed by atoms with Crippen molar-refractivity contribution >= 4 is 0 Å². The third-order valence-corrected chi connectivity index (χ3v) is 2.42. The van der Waals surface area contributed by atoms with Crippen molar-refractivity contribution in [1.82, 2.24) is 4.90 Å². The second-order valence-electron chi connectivity index (χ2n) is 4.06. The van der Waals surface area contributed by atoms with Gasteiger partial charge in [-0.3, -0.25) is 0 Å². The molecule has 0 aromatic heterocycles. The molecule has 3 nitrogen and oxygen atoms in total. The zero-order valence-electron chi connectivity index (χ0n) is 9.30. The average Bonchev–Trinajstić information content (AvgIpc) is 2.26. The van der Waals surface area contributed by atoms with Crippen LogP contribution in [0.5, 0.6) is 0 Å². The van der Waals surface area contributed by atoms with Crippen molar-refractivity contribution in [2.45, 2.75) is 6.10 Å². The fourth-order valence-corrected chi connectivity index (χ4v) is 1.65. The van der Waals surface area contributed by atoms with Gasteiger partial charge in [0.15, 0.2) is 0 Å². The Kier molecular flexibility index (Phi) is 4.75. The number of nitrogens with zero attached hydrogens (tertiary/aromatic N) is 1. The summed E-state index contributed by atoms with van der Waals surface area (Å²) in [5.41, 5.74) is 0.860. The van der Waals surface area contributed by atoms with Gasteiger partial charge in [-0.25, -0.2) is 0 Å². The lowest BCUT2D eigenvalue weighted by molar-refractivity contribution is 0.0514. The van der Waals surface area contributed by atoms with Gasteiger partial charge in [0.2, 0.25) is 0 Å². The molecular weight excluding hydrogens is 190 g/mol. The Bertz CT molecular complexity index is 274. The Morgan fingerprint density at radius 3 is 2.27 bits per heavy atom. The summed E-state index contributed by atoms with van der Waals surface area (Å²) in [7, 11) is 3.86. The lowest BCUT2D eigenvalue weighted by Gasteiger charge is -2.24. The molecule has 0 radical (unpaired) electrons. The standard InChI is InChI=1S/C12H19NO2/c1-13(2)8-11(9-14)12(15)10-6-4-3-5-7-10/h3-7,11-12,14-15H,8-9H2,1-2H3/t11-,12+/m1/s1. The van der Waals surface area contributed by atoms with E-state index in [-0.39, 0.29) is 12.5 Å². The van der Waals surface area contributed by atoms with Gasteiger partial charge in [-0.2, -0.15) is 0 Å². The van der Waals surface area contributed by atoms with E-state index in [4.69, 9.17) is 0 Å². The molecule has 0 saturated heterocycles. The summed E-state index contributed by atoms with van der Waals surface area (Å²) in [5.74, 6) is -0.137. The highest BCUT2D eigenvalue weighted by Gasteiger charge is 2.20. The first kappa shape index (κ1) is 12.2. The molecule has 84 valence electrons. The Hall–Kier alpha value is -0.900. The highest BCUT2D eigenvalue weighted by molar-refractivity contribution is 5.18. The highest BCUT2D eigenvalue weighted by atomic mass is 16.3. The second-order valence-corrected chi connectivity index (χ2v) is 4.06. The molecule has 0 aliphatic carbocycles. The van der Waals surface area contributed by atoms with Crippen molar-refractivity contribution in [1.29, 1.82) is 0 Å². The number of aliphatic hydroxyl groups is 2. The summed E-state index contributed by atoms with van der Waals surface area (Å²) in [6, 6.07) is 9.45. The zero-order chi connectivity index (χ0) is 11.3. The first-order valence-corrected chi connectivity index (χ1v) is 5.13. The molecule has 2 atom stereocenters. The van der Waals surface area contributed by atoms with Crippen molar-refractivity contribution in [3.05, 3.63) is 35.9 Å². The monoisotopic (exact) mass is 209 g/mol. The van der Waals surface area contributed by atoms with Gasteiger partial charge in [0.25, 0.3) is 0 Å². The van der Waals surface area contributed by atoms with Crippen LogP contribution >= 0.6 is 0 Å². The minimum atomic E-state index is -0.599. The van der Waals surface area contributed by atoms with E-state index in [1.165, 1.54) is 0 Å². The molecule has 0 spiro atoms. The molecular formula is C12H19NO2. The summed E-state index contributed by atoms with van der Waals surface area (Å²) < 4.78 is 0. The maximum Gasteiger partial charge on any atom is 0.0852 e. The summed E-state index contributed by atoms with van der Waals surface area (Å²) >= 11 is 0. The van der Waals surface area contributed by atoms with E-state index in [0.29, 0.717) is 6.54 Å². The summed E-state index contributed by atoms with van der Waals surface area (Å²) in [6.07, 6.45) is -0.599. The topological polar surface area (TPSA) is 43.7 Å². The molecule has 1 aromatic rings. The van der Waals surface area contributed by atoms with Crippen LogP contribution in [0.2, 0.25) is 0 Å². The van der Waals surface area contributed by atoms with Gasteiger partial charge in [-0.1, -0.05) is 30.3 Å². The van der Waals surface area contributed by atoms with Gasteiger partial charge in [0.1, 0.15) is 0 Å². The number of hydrogen-bond acceptors (Lipinski definition) is 3. The van der Waals surface area contributed by atoms with E-state index < -0.39 is 6.10 Å². The Labute approximate surface area is 91.0 Å². The molecule has 0 fully saturated rings. The predicted octanol–water partition coefficient (Wildman–Crippen LogP) is 0.890. The minimum Gasteiger partial charge on any atom is -0.396 e. The van der Waals surface area contributed by atoms with Gasteiger partial charge in [0.05, 0.1) is 6.10 Å². The lowest BCUT2D eigenvalue weighted by Crippen LogP contribution is -2.29. The van der Waals surface area contributed by atoms with Crippen molar-refractivity contribution in [3.8, 4) is 0 Å². The van der Waals surface area contributed by atoms with Gasteiger partial charge in [-0.05, 0) is 19.7 Å². The number of benzene rings is 1. The highest BCUT2D eigenvalue weighted by Crippen LogP contribution is 2.21. The zero-order valence-corrected chi connectivity index (χ0v) is 9.30. The van der Waals surface area contributed by atoms with E-state index in [9.17, 15) is 10.2 Å². The Morgan fingerprint density at radius 2 is 1.80 bits per heavy atom. The fraction of sp³-hybridized carbons (Fsp3) is 0.500. The SMILES string of the molecule is CN(C)C[C@H](CO)[C@@H](O)c1ccccc1. The molecule has 0 bridgehead atoms. The molecule has 1 rings (SSSR count). The smallest absolute Gasteiger partial charge is 0.0852 e. The van der Waals surface area contributed by atoms with Crippen LogP contribution in [0.4, 0.5) is 0 Å². The third kappa shape index (κ3) is 3.63. The van der Waals surface area contributed by atoms with E-state index in [1.807, 2.05) is 49.3 Å². The van der Waals surface area contributed by atoms with E-state index >= 15 is 0 Å². The fourth-order valence-electron chi connectivity index (χ4n) is 1.65. The maximum atomic E-state index is 10.0. The molecule has 2 N–H and O–H groups in total. The molecule has 3 heteroatoms. The lowest BCUT2D eigenvalue weighted by atomic mass is 9.96. The van der Waals surface area contributed by atoms with Crippen LogP contribution in [0.25, 0.3) is 0 Å². The number of rotatable bonds is 5. The Morgan fingerprint density at radius 1 is 1.20 bits per heavy atom. The van der Waals surface area contributed by atoms with Gasteiger partial charge in [-0.15, -0.1) is 0 Å². The number of aliphatic hydroxyl groups excluding tert-OH is 2. The van der Waals surface area contributed by atoms with Crippen molar-refractivity contribution in [2.75, 3.05) is 27.2 Å². The quantitative estimate of drug-likeness (QED) is 0.757. The molecule has 0 saturated carbocycles. The normalized spacial score (nSPS) is 15.3. The van der Waals surface area contributed by atoms with Gasteiger partial charge >= 0.3 is 0 Å². The Balaban J connectivity index is 2.69. The summed E-state index contributed by atoms with van der Waals surface area (Å²) in [4.78, 5) is 1.97. The van der Waals surface area contributed by atoms with Crippen LogP contribution in [0.15, 0.2) is 30.3 Å².